The third-order valence-electron chi connectivity index (χ3n) is 4.78. The van der Waals surface area contributed by atoms with Gasteiger partial charge in [-0.15, -0.1) is 0 Å². The van der Waals surface area contributed by atoms with Crippen LogP contribution in [-0.4, -0.2) is 48.7 Å². The normalized spacial score (nSPS) is 13.8. The van der Waals surface area contributed by atoms with Crippen molar-refractivity contribution in [2.75, 3.05) is 37.7 Å². The molecule has 1 N–H and O–H groups in total. The first kappa shape index (κ1) is 24.0. The number of anilines is 1. The van der Waals surface area contributed by atoms with Crippen molar-refractivity contribution in [1.29, 1.82) is 0 Å². The van der Waals surface area contributed by atoms with Gasteiger partial charge in [0.05, 0.1) is 11.6 Å². The van der Waals surface area contributed by atoms with Gasteiger partial charge in [-0.25, -0.2) is 22.0 Å². The van der Waals surface area contributed by atoms with E-state index in [-0.39, 0.29) is 41.9 Å². The molecule has 0 aliphatic carbocycles. The van der Waals surface area contributed by atoms with Crippen molar-refractivity contribution in [3.63, 3.8) is 0 Å². The second-order valence-electron chi connectivity index (χ2n) is 6.73. The molecule has 2 aromatic rings. The number of amides is 1. The summed E-state index contributed by atoms with van der Waals surface area (Å²) in [5.41, 5.74) is -0.749. The smallest absolute Gasteiger partial charge is 0.257 e. The number of thiocarbonyl (C=S) groups is 1. The molecule has 0 atom stereocenters. The van der Waals surface area contributed by atoms with E-state index < -0.39 is 40.7 Å². The van der Waals surface area contributed by atoms with E-state index in [0.29, 0.717) is 12.4 Å². The van der Waals surface area contributed by atoms with Crippen molar-refractivity contribution in [2.24, 2.45) is 0 Å². The number of halogens is 6. The molecular weight excluding hydrogens is 477 g/mol. The van der Waals surface area contributed by atoms with Crippen LogP contribution in [-0.2, 0) is 0 Å². The minimum absolute atomic E-state index is 0.0528. The van der Waals surface area contributed by atoms with Gasteiger partial charge in [-0.05, 0) is 37.3 Å². The van der Waals surface area contributed by atoms with Gasteiger partial charge in [0.25, 0.3) is 5.91 Å². The van der Waals surface area contributed by atoms with Gasteiger partial charge >= 0.3 is 0 Å². The molecule has 5 nitrogen and oxygen atoms in total. The molecule has 0 spiro atoms. The van der Waals surface area contributed by atoms with Crippen LogP contribution in [0.15, 0.2) is 18.2 Å². The number of ether oxygens (including phenoxy) is 1. The number of hydrogen-bond donors (Lipinski definition) is 1. The largest absolute Gasteiger partial charge is 0.492 e. The Morgan fingerprint density at radius 3 is 2.12 bits per heavy atom. The molecule has 0 radical (unpaired) electrons. The van der Waals surface area contributed by atoms with Gasteiger partial charge in [0.1, 0.15) is 11.4 Å². The fourth-order valence-corrected chi connectivity index (χ4v) is 3.68. The minimum atomic E-state index is -2.21. The van der Waals surface area contributed by atoms with Crippen LogP contribution in [0.25, 0.3) is 0 Å². The summed E-state index contributed by atoms with van der Waals surface area (Å²) in [6.07, 6.45) is 0. The Morgan fingerprint density at radius 1 is 1.03 bits per heavy atom. The second kappa shape index (κ2) is 9.86. The predicted molar refractivity (Wildman–Crippen MR) is 113 cm³/mol. The fourth-order valence-electron chi connectivity index (χ4n) is 3.17. The molecule has 2 aromatic carbocycles. The van der Waals surface area contributed by atoms with Crippen molar-refractivity contribution in [3.05, 3.63) is 57.9 Å². The van der Waals surface area contributed by atoms with Gasteiger partial charge in [-0.3, -0.25) is 10.1 Å². The zero-order valence-corrected chi connectivity index (χ0v) is 18.2. The molecule has 0 unspecified atom stereocenters. The summed E-state index contributed by atoms with van der Waals surface area (Å²) in [6.45, 7) is 2.21. The second-order valence-corrected chi connectivity index (χ2v) is 7.52. The van der Waals surface area contributed by atoms with Gasteiger partial charge in [0.2, 0.25) is 5.82 Å². The van der Waals surface area contributed by atoms with Crippen LogP contribution < -0.4 is 15.0 Å². The summed E-state index contributed by atoms with van der Waals surface area (Å²) in [5, 5.41) is 2.83. The summed E-state index contributed by atoms with van der Waals surface area (Å²) < 4.78 is 73.6. The first-order valence-corrected chi connectivity index (χ1v) is 10.2. The maximum absolute atomic E-state index is 14.0. The lowest BCUT2D eigenvalue weighted by Crippen LogP contribution is -2.53. The zero-order chi connectivity index (χ0) is 23.6. The summed E-state index contributed by atoms with van der Waals surface area (Å²) in [6, 6.07) is 4.48. The summed E-state index contributed by atoms with van der Waals surface area (Å²) in [5.74, 6) is -10.1. The number of benzene rings is 2. The van der Waals surface area contributed by atoms with Crippen LogP contribution in [0.4, 0.5) is 27.6 Å². The molecule has 32 heavy (non-hydrogen) atoms. The van der Waals surface area contributed by atoms with E-state index in [1.54, 1.807) is 17.9 Å². The quantitative estimate of drug-likeness (QED) is 0.298. The first-order valence-electron chi connectivity index (χ1n) is 9.44. The van der Waals surface area contributed by atoms with E-state index >= 15 is 0 Å². The SMILES string of the molecule is CCOc1ccc(C(=O)NC(=S)N2CCN(c3c(F)c(F)c(F)c(F)c3F)CC2)cc1Cl. The lowest BCUT2D eigenvalue weighted by Gasteiger charge is -2.37. The number of nitrogens with zero attached hydrogens (tertiary/aromatic N) is 2. The Hall–Kier alpha value is -2.66. The van der Waals surface area contributed by atoms with E-state index in [0.717, 1.165) is 4.90 Å². The zero-order valence-electron chi connectivity index (χ0n) is 16.7. The van der Waals surface area contributed by atoms with Gasteiger partial charge in [-0.1, -0.05) is 11.6 Å². The molecule has 1 heterocycles. The van der Waals surface area contributed by atoms with Crippen LogP contribution in [0.3, 0.4) is 0 Å². The first-order chi connectivity index (χ1) is 15.1. The van der Waals surface area contributed by atoms with Crippen LogP contribution in [0, 0.1) is 29.1 Å². The number of hydrogen-bond acceptors (Lipinski definition) is 4. The van der Waals surface area contributed by atoms with E-state index in [4.69, 9.17) is 28.6 Å². The molecule has 3 rings (SSSR count). The third-order valence-corrected chi connectivity index (χ3v) is 5.44. The van der Waals surface area contributed by atoms with Gasteiger partial charge in [-0.2, -0.15) is 0 Å². The number of piperazine rings is 1. The Balaban J connectivity index is 1.64. The van der Waals surface area contributed by atoms with E-state index in [1.165, 1.54) is 12.1 Å². The maximum Gasteiger partial charge on any atom is 0.257 e. The highest BCUT2D eigenvalue weighted by Crippen LogP contribution is 2.31. The summed E-state index contributed by atoms with van der Waals surface area (Å²) in [4.78, 5) is 15.0. The molecule has 1 fully saturated rings. The number of rotatable bonds is 4. The molecule has 0 aromatic heterocycles. The molecule has 1 saturated heterocycles. The molecule has 1 aliphatic heterocycles. The van der Waals surface area contributed by atoms with E-state index in [9.17, 15) is 26.7 Å². The van der Waals surface area contributed by atoms with Gasteiger partial charge in [0, 0.05) is 31.7 Å². The fraction of sp³-hybridized carbons (Fsp3) is 0.300. The predicted octanol–water partition coefficient (Wildman–Crippen LogP) is 4.27. The Kier molecular flexibility index (Phi) is 7.40. The highest BCUT2D eigenvalue weighted by Gasteiger charge is 2.31. The molecule has 0 bridgehead atoms. The lowest BCUT2D eigenvalue weighted by molar-refractivity contribution is 0.0973. The Bertz CT molecular complexity index is 1040. The maximum atomic E-state index is 14.0. The number of nitrogens with one attached hydrogen (secondary N) is 1. The average molecular weight is 494 g/mol. The average Bonchev–Trinajstić information content (AvgIpc) is 2.78. The van der Waals surface area contributed by atoms with Crippen molar-refractivity contribution < 1.29 is 31.5 Å². The van der Waals surface area contributed by atoms with E-state index in [2.05, 4.69) is 5.32 Å². The van der Waals surface area contributed by atoms with Crippen LogP contribution in [0.2, 0.25) is 5.02 Å². The Labute approximate surface area is 190 Å². The molecule has 1 aliphatic rings. The summed E-state index contributed by atoms with van der Waals surface area (Å²) in [7, 11) is 0. The highest BCUT2D eigenvalue weighted by atomic mass is 35.5. The van der Waals surface area contributed by atoms with Gasteiger partial charge < -0.3 is 14.5 Å². The van der Waals surface area contributed by atoms with Crippen LogP contribution in [0.5, 0.6) is 5.75 Å². The standard InChI is InChI=1S/C20H17ClF5N3O2S/c1-2-31-12-4-3-10(9-11(12)21)19(30)27-20(32)29-7-5-28(6-8-29)18-16(25)14(23)13(22)15(24)17(18)26/h3-4,9H,2,5-8H2,1H3,(H,27,30,32). The molecular formula is C20H17ClF5N3O2S. The van der Waals surface area contributed by atoms with Crippen molar-refractivity contribution >= 4 is 40.5 Å². The van der Waals surface area contributed by atoms with Gasteiger partial charge in [0.15, 0.2) is 28.4 Å². The van der Waals surface area contributed by atoms with Crippen LogP contribution in [0.1, 0.15) is 17.3 Å². The van der Waals surface area contributed by atoms with Crippen molar-refractivity contribution in [2.45, 2.75) is 6.92 Å². The number of carbonyl (C=O) groups excluding carboxylic acids is 1. The minimum Gasteiger partial charge on any atom is -0.492 e. The van der Waals surface area contributed by atoms with Crippen molar-refractivity contribution in [3.8, 4) is 5.75 Å². The van der Waals surface area contributed by atoms with E-state index in [1.807, 2.05) is 0 Å². The number of carbonyl (C=O) groups is 1. The van der Waals surface area contributed by atoms with Crippen molar-refractivity contribution in [1.82, 2.24) is 10.2 Å². The molecule has 12 heteroatoms. The van der Waals surface area contributed by atoms with Crippen LogP contribution >= 0.6 is 23.8 Å². The summed E-state index contributed by atoms with van der Waals surface area (Å²) >= 11 is 11.3. The monoisotopic (exact) mass is 493 g/mol. The molecule has 172 valence electrons. The topological polar surface area (TPSA) is 44.8 Å². The lowest BCUT2D eigenvalue weighted by atomic mass is 10.2. The Morgan fingerprint density at radius 2 is 1.59 bits per heavy atom. The third kappa shape index (κ3) is 4.73. The molecule has 0 saturated carbocycles. The molecule has 1 amide bonds. The highest BCUT2D eigenvalue weighted by molar-refractivity contribution is 7.80.